The summed E-state index contributed by atoms with van der Waals surface area (Å²) in [6.45, 7) is 4.28. The van der Waals surface area contributed by atoms with Gasteiger partial charge in [0.25, 0.3) is 5.91 Å². The Morgan fingerprint density at radius 2 is 1.87 bits per heavy atom. The van der Waals surface area contributed by atoms with Gasteiger partial charge in [-0.1, -0.05) is 23.2 Å². The maximum atomic E-state index is 12.5. The molecule has 8 nitrogen and oxygen atoms in total. The van der Waals surface area contributed by atoms with E-state index in [1.807, 2.05) is 25.3 Å². The second-order valence-corrected chi connectivity index (χ2v) is 7.66. The van der Waals surface area contributed by atoms with Crippen LogP contribution in [0.1, 0.15) is 5.82 Å². The van der Waals surface area contributed by atoms with Gasteiger partial charge in [-0.3, -0.25) is 4.79 Å². The molecule has 1 aromatic carbocycles. The van der Waals surface area contributed by atoms with E-state index >= 15 is 0 Å². The van der Waals surface area contributed by atoms with Crippen molar-refractivity contribution in [2.24, 2.45) is 0 Å². The third-order valence-corrected chi connectivity index (χ3v) is 5.28. The predicted molar refractivity (Wildman–Crippen MR) is 115 cm³/mol. The molecular weight excluding hydrogens is 427 g/mol. The molecule has 1 fully saturated rings. The summed E-state index contributed by atoms with van der Waals surface area (Å²) in [6.07, 6.45) is 3.55. The number of rotatable bonds is 5. The van der Waals surface area contributed by atoms with Crippen LogP contribution in [0.15, 0.2) is 42.7 Å². The van der Waals surface area contributed by atoms with Crippen LogP contribution in [0.2, 0.25) is 10.0 Å². The molecule has 0 saturated carbocycles. The molecule has 156 valence electrons. The van der Waals surface area contributed by atoms with Gasteiger partial charge in [0.15, 0.2) is 12.4 Å². The largest absolute Gasteiger partial charge is 0.482 e. The topological polar surface area (TPSA) is 76.4 Å². The number of benzene rings is 1. The smallest absolute Gasteiger partial charge is 0.260 e. The molecule has 0 bridgehead atoms. The highest BCUT2D eigenvalue weighted by atomic mass is 35.5. The summed E-state index contributed by atoms with van der Waals surface area (Å²) in [6, 6.07) is 8.67. The lowest BCUT2D eigenvalue weighted by molar-refractivity contribution is -0.133. The number of hydrogen-bond acceptors (Lipinski definition) is 6. The molecule has 1 aliphatic rings. The van der Waals surface area contributed by atoms with Crippen LogP contribution in [-0.2, 0) is 4.79 Å². The number of hydrogen-bond donors (Lipinski definition) is 0. The molecule has 4 rings (SSSR count). The minimum Gasteiger partial charge on any atom is -0.482 e. The van der Waals surface area contributed by atoms with E-state index in [1.54, 1.807) is 34.0 Å². The van der Waals surface area contributed by atoms with Crippen molar-refractivity contribution in [2.75, 3.05) is 37.7 Å². The molecule has 0 aliphatic carbocycles. The molecule has 3 heterocycles. The van der Waals surface area contributed by atoms with Gasteiger partial charge < -0.3 is 14.5 Å². The fraction of sp³-hybridized carbons (Fsp3) is 0.300. The van der Waals surface area contributed by atoms with Crippen molar-refractivity contribution < 1.29 is 9.53 Å². The number of halogens is 2. The summed E-state index contributed by atoms with van der Waals surface area (Å²) in [5.74, 6) is 2.57. The lowest BCUT2D eigenvalue weighted by Gasteiger charge is -2.35. The lowest BCUT2D eigenvalue weighted by atomic mass is 10.3. The van der Waals surface area contributed by atoms with Crippen LogP contribution in [0.4, 0.5) is 5.82 Å². The Morgan fingerprint density at radius 3 is 2.57 bits per heavy atom. The number of aryl methyl sites for hydroxylation is 1. The molecule has 10 heteroatoms. The standard InChI is InChI=1S/C20H20Cl2N6O2/c1-14-24-18(12-19(25-14)28-6-2-5-23-28)26-7-9-27(10-8-26)20(29)13-30-17-4-3-15(21)11-16(17)22/h2-6,11-12H,7-10,13H2,1H3. The number of aromatic nitrogens is 4. The number of anilines is 1. The molecule has 1 aliphatic heterocycles. The second-order valence-electron chi connectivity index (χ2n) is 6.81. The number of amides is 1. The molecular formula is C20H20Cl2N6O2. The van der Waals surface area contributed by atoms with E-state index < -0.39 is 0 Å². The van der Waals surface area contributed by atoms with Gasteiger partial charge >= 0.3 is 0 Å². The third kappa shape index (κ3) is 4.66. The summed E-state index contributed by atoms with van der Waals surface area (Å²) < 4.78 is 7.27. The predicted octanol–water partition coefficient (Wildman–Crippen LogP) is 3.01. The first kappa shape index (κ1) is 20.4. The highest BCUT2D eigenvalue weighted by molar-refractivity contribution is 6.35. The molecule has 0 radical (unpaired) electrons. The number of nitrogens with zero attached hydrogens (tertiary/aromatic N) is 6. The van der Waals surface area contributed by atoms with E-state index in [9.17, 15) is 4.79 Å². The van der Waals surface area contributed by atoms with Crippen LogP contribution < -0.4 is 9.64 Å². The second kappa shape index (κ2) is 8.89. The average molecular weight is 447 g/mol. The van der Waals surface area contributed by atoms with Crippen LogP contribution in [0, 0.1) is 6.92 Å². The maximum absolute atomic E-state index is 12.5. The normalized spacial score (nSPS) is 14.1. The monoisotopic (exact) mass is 446 g/mol. The van der Waals surface area contributed by atoms with Crippen molar-refractivity contribution in [3.8, 4) is 11.6 Å². The fourth-order valence-electron chi connectivity index (χ4n) is 3.23. The number of carbonyl (C=O) groups is 1. The zero-order valence-electron chi connectivity index (χ0n) is 16.3. The third-order valence-electron chi connectivity index (χ3n) is 4.75. The SMILES string of the molecule is Cc1nc(N2CCN(C(=O)COc3ccc(Cl)cc3Cl)CC2)cc(-n2cccn2)n1. The summed E-state index contributed by atoms with van der Waals surface area (Å²) in [5.41, 5.74) is 0. The minimum absolute atomic E-state index is 0.0720. The Labute approximate surface area is 184 Å². The lowest BCUT2D eigenvalue weighted by Crippen LogP contribution is -2.50. The summed E-state index contributed by atoms with van der Waals surface area (Å²) in [5, 5.41) is 5.13. The van der Waals surface area contributed by atoms with Crippen LogP contribution >= 0.6 is 23.2 Å². The first-order valence-corrected chi connectivity index (χ1v) is 10.2. The molecule has 1 amide bonds. The number of piperazine rings is 1. The van der Waals surface area contributed by atoms with Crippen molar-refractivity contribution in [1.29, 1.82) is 0 Å². The molecule has 0 spiro atoms. The van der Waals surface area contributed by atoms with Gasteiger partial charge in [0.1, 0.15) is 17.4 Å². The van der Waals surface area contributed by atoms with Gasteiger partial charge in [-0.25, -0.2) is 14.6 Å². The first-order chi connectivity index (χ1) is 14.5. The van der Waals surface area contributed by atoms with Crippen LogP contribution in [0.25, 0.3) is 5.82 Å². The van der Waals surface area contributed by atoms with Crippen molar-refractivity contribution in [2.45, 2.75) is 6.92 Å². The fourth-order valence-corrected chi connectivity index (χ4v) is 3.69. The van der Waals surface area contributed by atoms with E-state index in [0.29, 0.717) is 53.6 Å². The van der Waals surface area contributed by atoms with Gasteiger partial charge in [0.05, 0.1) is 5.02 Å². The van der Waals surface area contributed by atoms with Crippen molar-refractivity contribution in [3.05, 3.63) is 58.6 Å². The van der Waals surface area contributed by atoms with E-state index in [4.69, 9.17) is 27.9 Å². The Morgan fingerprint density at radius 1 is 1.10 bits per heavy atom. The summed E-state index contributed by atoms with van der Waals surface area (Å²) in [7, 11) is 0. The average Bonchev–Trinajstić information content (AvgIpc) is 3.28. The quantitative estimate of drug-likeness (QED) is 0.599. The van der Waals surface area contributed by atoms with E-state index in [1.165, 1.54) is 0 Å². The molecule has 2 aromatic heterocycles. The highest BCUT2D eigenvalue weighted by Crippen LogP contribution is 2.27. The van der Waals surface area contributed by atoms with Gasteiger partial charge in [-0.05, 0) is 31.2 Å². The van der Waals surface area contributed by atoms with Crippen molar-refractivity contribution in [3.63, 3.8) is 0 Å². The number of ether oxygens (including phenoxy) is 1. The van der Waals surface area contributed by atoms with Gasteiger partial charge in [-0.2, -0.15) is 5.10 Å². The molecule has 0 N–H and O–H groups in total. The zero-order valence-corrected chi connectivity index (χ0v) is 17.8. The molecule has 3 aromatic rings. The minimum atomic E-state index is -0.0863. The van der Waals surface area contributed by atoms with E-state index in [2.05, 4.69) is 20.0 Å². The summed E-state index contributed by atoms with van der Waals surface area (Å²) >= 11 is 12.0. The molecule has 0 atom stereocenters. The highest BCUT2D eigenvalue weighted by Gasteiger charge is 2.23. The van der Waals surface area contributed by atoms with E-state index in [0.717, 1.165) is 5.82 Å². The van der Waals surface area contributed by atoms with Crippen molar-refractivity contribution in [1.82, 2.24) is 24.6 Å². The molecule has 30 heavy (non-hydrogen) atoms. The van der Waals surface area contributed by atoms with Crippen LogP contribution in [-0.4, -0.2) is 63.3 Å². The Bertz CT molecular complexity index is 1040. The van der Waals surface area contributed by atoms with Gasteiger partial charge in [-0.15, -0.1) is 0 Å². The molecule has 0 unspecified atom stereocenters. The van der Waals surface area contributed by atoms with Crippen LogP contribution in [0.5, 0.6) is 5.75 Å². The van der Waals surface area contributed by atoms with Gasteiger partial charge in [0, 0.05) is 49.7 Å². The van der Waals surface area contributed by atoms with Crippen molar-refractivity contribution >= 4 is 34.9 Å². The maximum Gasteiger partial charge on any atom is 0.260 e. The van der Waals surface area contributed by atoms with Crippen LogP contribution in [0.3, 0.4) is 0 Å². The van der Waals surface area contributed by atoms with E-state index in [-0.39, 0.29) is 12.5 Å². The Hall–Kier alpha value is -2.84. The Kier molecular flexibility index (Phi) is 6.06. The summed E-state index contributed by atoms with van der Waals surface area (Å²) in [4.78, 5) is 25.4. The number of carbonyl (C=O) groups excluding carboxylic acids is 1. The zero-order chi connectivity index (χ0) is 21.1. The first-order valence-electron chi connectivity index (χ1n) is 9.46. The Balaban J connectivity index is 1.35. The molecule has 1 saturated heterocycles. The van der Waals surface area contributed by atoms with Gasteiger partial charge in [0.2, 0.25) is 0 Å².